The Labute approximate surface area is 583 Å². The molecule has 0 bridgehead atoms. The Morgan fingerprint density at radius 1 is 0.193 bits per heavy atom. The Bertz CT molecular complexity index is 2790. The van der Waals surface area contributed by atoms with E-state index in [1.165, 1.54) is 0 Å². The zero-order valence-electron chi connectivity index (χ0n) is 63.3. The van der Waals surface area contributed by atoms with Crippen LogP contribution in [-0.2, 0) is 0 Å². The molecule has 0 amide bonds. The van der Waals surface area contributed by atoms with Crippen molar-refractivity contribution in [1.82, 2.24) is 0 Å². The van der Waals surface area contributed by atoms with Crippen LogP contribution in [0, 0.1) is 0 Å². The van der Waals surface area contributed by atoms with Crippen LogP contribution < -0.4 is 35.7 Å². The monoisotopic (exact) mass is 1650 g/mol. The average Bonchev–Trinajstić information content (AvgIpc) is 0.998. The van der Waals surface area contributed by atoms with Gasteiger partial charge in [-0.25, -0.2) is 0 Å². The first-order valence-electron chi connectivity index (χ1n) is 33.6. The van der Waals surface area contributed by atoms with Gasteiger partial charge in [0.15, 0.2) is 0 Å². The summed E-state index contributed by atoms with van der Waals surface area (Å²) in [6, 6.07) is 41.6. The van der Waals surface area contributed by atoms with Gasteiger partial charge >= 0.3 is 590 Å². The molecule has 16 heteroatoms. The standard InChI is InChI=1S/C72H130Se4Si12/c1-77(2,3)67(78(4,5)6)53-49-55(69(81(13,14)15)82(16,17)18)65(56(50-53)70(83(19,20)21)84(22,23)24)75-63-47-41-39-45-61(63)73-59-43-37-38-44-60(59)74-62-46-40-42-48-64(62)76-66-57(71(85(25,26)27)86(28,29)30)51-54(68(79(7,8)9)80(10,11)12)52-58(66)72(87(31,32)33)88(34,35)36/h37-52,67-72H,1-36H3. The van der Waals surface area contributed by atoms with Crippen molar-refractivity contribution in [3.63, 3.8) is 0 Å². The number of hydrogen-bond acceptors (Lipinski definition) is 0. The van der Waals surface area contributed by atoms with Gasteiger partial charge in [0.25, 0.3) is 0 Å². The molecular formula is C72H130Se4Si12. The van der Waals surface area contributed by atoms with Gasteiger partial charge in [-0.2, -0.15) is 0 Å². The van der Waals surface area contributed by atoms with E-state index in [0.29, 0.717) is 20.7 Å². The topological polar surface area (TPSA) is 0 Å². The fraction of sp³-hybridized carbons (Fsp3) is 0.583. The third-order valence-corrected chi connectivity index (χ3v) is 85.9. The molecular weight excluding hydrogens is 1520 g/mol. The normalized spacial score (nSPS) is 14.5. The minimum atomic E-state index is -1.70. The van der Waals surface area contributed by atoms with Crippen LogP contribution >= 0.6 is 0 Å². The van der Waals surface area contributed by atoms with Gasteiger partial charge in [-0.15, -0.1) is 0 Å². The molecule has 0 saturated heterocycles. The van der Waals surface area contributed by atoms with Gasteiger partial charge in [-0.3, -0.25) is 0 Å². The summed E-state index contributed by atoms with van der Waals surface area (Å²) in [6.07, 6.45) is 0. The predicted molar refractivity (Wildman–Crippen MR) is 449 cm³/mol. The summed E-state index contributed by atoms with van der Waals surface area (Å²) in [4.78, 5) is 0. The van der Waals surface area contributed by atoms with E-state index in [1.807, 2.05) is 31.2 Å². The van der Waals surface area contributed by atoms with E-state index in [0.717, 1.165) is 10.3 Å². The van der Waals surface area contributed by atoms with Gasteiger partial charge in [-0.1, -0.05) is 0 Å². The van der Waals surface area contributed by atoms with Crippen LogP contribution in [0.15, 0.2) is 97.1 Å². The minimum absolute atomic E-state index is 0.162. The molecule has 0 spiro atoms. The molecule has 0 N–H and O–H groups in total. The molecule has 0 saturated carbocycles. The first-order chi connectivity index (χ1) is 39.3. The van der Waals surface area contributed by atoms with Crippen molar-refractivity contribution < 1.29 is 0 Å². The van der Waals surface area contributed by atoms with Crippen molar-refractivity contribution in [3.8, 4) is 0 Å². The number of benzene rings is 5. The molecule has 5 rings (SSSR count). The van der Waals surface area contributed by atoms with Crippen molar-refractivity contribution in [2.75, 3.05) is 0 Å². The summed E-state index contributed by atoms with van der Waals surface area (Å²) in [7, 11) is -20.0. The van der Waals surface area contributed by atoms with E-state index in [-0.39, 0.29) is 59.8 Å². The van der Waals surface area contributed by atoms with Gasteiger partial charge in [0.05, 0.1) is 0 Å². The molecule has 0 atom stereocenters. The Kier molecular flexibility index (Phi) is 25.6. The molecule has 88 heavy (non-hydrogen) atoms. The van der Waals surface area contributed by atoms with Gasteiger partial charge < -0.3 is 0 Å². The Morgan fingerprint density at radius 3 is 0.466 bits per heavy atom. The van der Waals surface area contributed by atoms with Crippen molar-refractivity contribution in [2.45, 2.75) is 267 Å². The zero-order chi connectivity index (χ0) is 67.7. The first kappa shape index (κ1) is 79.5. The van der Waals surface area contributed by atoms with Crippen LogP contribution in [0.2, 0.25) is 236 Å². The Hall–Kier alpha value is 0.781. The summed E-state index contributed by atoms with van der Waals surface area (Å²) >= 11 is 0.661. The van der Waals surface area contributed by atoms with Crippen molar-refractivity contribution >= 4 is 192 Å². The van der Waals surface area contributed by atoms with Crippen LogP contribution in [0.1, 0.15) is 64.4 Å². The summed E-state index contributed by atoms with van der Waals surface area (Å²) in [5.41, 5.74) is 10.8. The van der Waals surface area contributed by atoms with Crippen molar-refractivity contribution in [1.29, 1.82) is 0 Å². The van der Waals surface area contributed by atoms with E-state index < -0.39 is 96.9 Å². The van der Waals surface area contributed by atoms with E-state index in [4.69, 9.17) is 0 Å². The second-order valence-electron chi connectivity index (χ2n) is 39.8. The number of hydrogen-bond donors (Lipinski definition) is 0. The molecule has 0 radical (unpaired) electrons. The zero-order valence-corrected chi connectivity index (χ0v) is 82.2. The third-order valence-electron chi connectivity index (χ3n) is 18.1. The maximum absolute atomic E-state index is 2.95. The van der Waals surface area contributed by atoms with Gasteiger partial charge in [-0.05, 0) is 0 Å². The van der Waals surface area contributed by atoms with Crippen LogP contribution in [0.4, 0.5) is 0 Å². The second kappa shape index (κ2) is 28.3. The molecule has 0 aromatic heterocycles. The molecule has 5 aromatic rings. The molecule has 0 unspecified atom stereocenters. The van der Waals surface area contributed by atoms with E-state index in [1.54, 1.807) is 37.9 Å². The SMILES string of the molecule is C[Si](C)(C)C(c1cc(C([Si](C)(C)C)[Si](C)(C)C)c([Se]c2ccccc2[Se]c2ccccc2[Se]c2ccccc2[Se]c2c(C([Si](C)(C)C)[Si](C)(C)C)cc(C([Si](C)(C)C)[Si](C)(C)C)cc2C([Si](C)(C)C)[Si](C)(C)C)c(C([Si](C)(C)C)[Si](C)(C)C)c1)[Si](C)(C)C. The van der Waals surface area contributed by atoms with Crippen LogP contribution in [-0.4, -0.2) is 157 Å². The number of rotatable bonds is 26. The second-order valence-corrected chi connectivity index (χ2v) is 116. The quantitative estimate of drug-likeness (QED) is 0.0484. The van der Waals surface area contributed by atoms with E-state index in [2.05, 4.69) is 333 Å². The Balaban J connectivity index is 1.83. The van der Waals surface area contributed by atoms with Crippen molar-refractivity contribution in [3.05, 3.63) is 130 Å². The molecule has 0 aliphatic rings. The average molecular weight is 1650 g/mol. The van der Waals surface area contributed by atoms with Gasteiger partial charge in [0.1, 0.15) is 0 Å². The van der Waals surface area contributed by atoms with Crippen LogP contribution in [0.25, 0.3) is 0 Å². The van der Waals surface area contributed by atoms with Gasteiger partial charge in [0.2, 0.25) is 0 Å². The molecule has 490 valence electrons. The molecule has 0 aliphatic heterocycles. The summed E-state index contributed by atoms with van der Waals surface area (Å²) in [6.45, 7) is 98.0. The predicted octanol–water partition coefficient (Wildman–Crippen LogP) is 17.3. The molecule has 0 nitrogen and oxygen atoms in total. The van der Waals surface area contributed by atoms with Gasteiger partial charge in [0, 0.05) is 0 Å². The van der Waals surface area contributed by atoms with Crippen LogP contribution in [0.5, 0.6) is 0 Å². The maximum atomic E-state index is 2.95. The van der Waals surface area contributed by atoms with E-state index >= 15 is 0 Å². The first-order valence-corrected chi connectivity index (χ1v) is 83.4. The van der Waals surface area contributed by atoms with Crippen LogP contribution in [0.3, 0.4) is 0 Å². The summed E-state index contributed by atoms with van der Waals surface area (Å²) in [5, 5.41) is 4.21. The molecule has 5 aromatic carbocycles. The fourth-order valence-corrected chi connectivity index (χ4v) is 108. The molecule has 0 aliphatic carbocycles. The van der Waals surface area contributed by atoms with E-state index in [9.17, 15) is 0 Å². The third kappa shape index (κ3) is 20.2. The summed E-state index contributed by atoms with van der Waals surface area (Å²) < 4.78 is 13.4. The molecule has 0 fully saturated rings. The molecule has 0 heterocycles. The van der Waals surface area contributed by atoms with Crippen molar-refractivity contribution in [2.24, 2.45) is 0 Å². The Morgan fingerprint density at radius 2 is 0.330 bits per heavy atom. The summed E-state index contributed by atoms with van der Waals surface area (Å²) in [5.74, 6) is 0. The fourth-order valence-electron chi connectivity index (χ4n) is 18.7.